The van der Waals surface area contributed by atoms with Crippen molar-refractivity contribution < 1.29 is 9.42 Å². The average Bonchev–Trinajstić information content (AvgIpc) is 1.37. The largest absolute Gasteiger partial charge is 0.304 e. The van der Waals surface area contributed by atoms with Crippen molar-refractivity contribution in [3.05, 3.63) is 0 Å². The third kappa shape index (κ3) is 2.07. The molecule has 0 aliphatic heterocycles. The van der Waals surface area contributed by atoms with E-state index in [1.54, 1.807) is 0 Å². The molecule has 0 aromatic heterocycles. The van der Waals surface area contributed by atoms with E-state index in [4.69, 9.17) is 9.42 Å². The highest BCUT2D eigenvalue weighted by atomic mass is 32.2. The van der Waals surface area contributed by atoms with Gasteiger partial charge in [-0.1, -0.05) is 0 Å². The molecule has 0 atom stereocenters. The Labute approximate surface area is 27.2 Å². The van der Waals surface area contributed by atoms with Gasteiger partial charge in [-0.2, -0.15) is 0 Å². The maximum Gasteiger partial charge on any atom is 0.102 e. The maximum absolute atomic E-state index is 8.91. The summed E-state index contributed by atoms with van der Waals surface area (Å²) in [5, 5.41) is 7.30. The van der Waals surface area contributed by atoms with E-state index >= 15 is 0 Å². The number of rotatable bonds is 1. The molecular weight excluding hydrogens is 78.1 g/mol. The standard InChI is InChI=1S/H3NO2S/c2-1-4-3/h2,4H,(H,1,3). The normalized spacial score (nSPS) is 7.25. The fraction of sp³-hybridized carbons (Fsp3) is 0. The highest BCUT2D eigenvalue weighted by Crippen LogP contribution is 1.17. The zero-order valence-electron chi connectivity index (χ0n) is 1.80. The van der Waals surface area contributed by atoms with Crippen LogP contribution in [0.25, 0.3) is 0 Å². The van der Waals surface area contributed by atoms with Gasteiger partial charge in [0.2, 0.25) is 0 Å². The predicted molar refractivity (Wildman–Crippen MR) is 14.5 cm³/mol. The topological polar surface area (TPSA) is 49.3 Å². The lowest BCUT2D eigenvalue weighted by Gasteiger charge is -1.62. The summed E-state index contributed by atoms with van der Waals surface area (Å²) in [5.74, 6) is 0. The van der Waals surface area contributed by atoms with Gasteiger partial charge in [-0.05, 0) is 0 Å². The Morgan fingerprint density at radius 1 is 2.00 bits per heavy atom. The van der Waals surface area contributed by atoms with Crippen molar-refractivity contribution in [2.24, 2.45) is 0 Å². The molecule has 0 saturated carbocycles. The van der Waals surface area contributed by atoms with Crippen LogP contribution < -0.4 is 4.89 Å². The monoisotopic (exact) mass is 81.0 g/mol. The number of thiol groups is 1. The van der Waals surface area contributed by atoms with Gasteiger partial charge in [-0.15, -0.1) is 4.89 Å². The molecule has 0 bridgehead atoms. The Morgan fingerprint density at radius 2 is 2.25 bits per heavy atom. The highest BCUT2D eigenvalue weighted by molar-refractivity contribution is 7.63. The number of hydrogen-bond acceptors (Lipinski definition) is 2. The molecule has 0 radical (unpaired) electrons. The lowest BCUT2D eigenvalue weighted by molar-refractivity contribution is 0.254. The Kier molecular flexibility index (Phi) is 3.12. The molecule has 0 unspecified atom stereocenters. The molecule has 0 amide bonds. The summed E-state index contributed by atoms with van der Waals surface area (Å²) in [6.07, 6.45) is 0. The fourth-order valence-corrected chi connectivity index (χ4v) is 0. The molecule has 2 N–H and O–H groups in total. The smallest absolute Gasteiger partial charge is 0.102 e. The molecule has 3 nitrogen and oxygen atoms in total. The zero-order chi connectivity index (χ0) is 3.41. The molecule has 4 heteroatoms. The summed E-state index contributed by atoms with van der Waals surface area (Å²) < 4.78 is 8.91. The third-order valence-corrected chi connectivity index (χ3v) is 0.122. The first-order valence-electron chi connectivity index (χ1n) is 0.630. The van der Waals surface area contributed by atoms with Crippen molar-refractivity contribution in [2.75, 3.05) is 0 Å². The van der Waals surface area contributed by atoms with Crippen LogP contribution in [0.4, 0.5) is 0 Å². The molecule has 0 heterocycles. The number of hydrogen-bond donors (Lipinski definition) is 3. The minimum atomic E-state index is -0.446. The Balaban J connectivity index is 2.30. The van der Waals surface area contributed by atoms with Gasteiger partial charge in [0.25, 0.3) is 0 Å². The molecule has 0 spiro atoms. The van der Waals surface area contributed by atoms with Gasteiger partial charge in [0, 0.05) is 0 Å². The van der Waals surface area contributed by atoms with Crippen LogP contribution >= 0.6 is 0 Å². The van der Waals surface area contributed by atoms with E-state index in [0.717, 1.165) is 0 Å². The molecule has 0 aliphatic rings. The highest BCUT2D eigenvalue weighted by Gasteiger charge is 1.43. The van der Waals surface area contributed by atoms with Crippen LogP contribution in [0.1, 0.15) is 0 Å². The first kappa shape index (κ1) is 4.07. The predicted octanol–water partition coefficient (Wildman–Crippen LogP) is -1.17. The van der Waals surface area contributed by atoms with Gasteiger partial charge in [-0.25, -0.2) is 4.21 Å². The summed E-state index contributed by atoms with van der Waals surface area (Å²) in [5.41, 5.74) is 0. The van der Waals surface area contributed by atoms with Crippen molar-refractivity contribution in [3.63, 3.8) is 0 Å². The quantitative estimate of drug-likeness (QED) is 0.275. The van der Waals surface area contributed by atoms with Crippen molar-refractivity contribution in [1.82, 2.24) is 4.89 Å². The van der Waals surface area contributed by atoms with Crippen LogP contribution in [0.15, 0.2) is 0 Å². The Morgan fingerprint density at radius 3 is 2.25 bits per heavy atom. The molecule has 4 heavy (non-hydrogen) atoms. The lowest BCUT2D eigenvalue weighted by atomic mass is 13.5. The molecule has 0 aromatic carbocycles. The van der Waals surface area contributed by atoms with E-state index in [-0.39, 0.29) is 0 Å². The van der Waals surface area contributed by atoms with Crippen LogP contribution in [0.2, 0.25) is 0 Å². The van der Waals surface area contributed by atoms with Gasteiger partial charge >= 0.3 is 0 Å². The molecule has 0 aliphatic carbocycles. The van der Waals surface area contributed by atoms with E-state index in [0.29, 0.717) is 0 Å². The van der Waals surface area contributed by atoms with Crippen LogP contribution in [0.5, 0.6) is 0 Å². The van der Waals surface area contributed by atoms with E-state index in [1.165, 1.54) is 4.89 Å². The Bertz CT molecular complexity index is 20.0. The first-order valence-corrected chi connectivity index (χ1v) is 1.44. The van der Waals surface area contributed by atoms with Crippen molar-refractivity contribution >= 4 is 11.9 Å². The first-order chi connectivity index (χ1) is 1.91. The second-order valence-corrected chi connectivity index (χ2v) is 0.574. The number of nitrogens with one attached hydrogen (secondary N) is 1. The molecule has 0 rings (SSSR count). The summed E-state index contributed by atoms with van der Waals surface area (Å²) >= 11 is -0.446. The summed E-state index contributed by atoms with van der Waals surface area (Å²) in [4.78, 5) is 1.35. The van der Waals surface area contributed by atoms with Gasteiger partial charge in [0.1, 0.15) is 11.9 Å². The minimum Gasteiger partial charge on any atom is -0.304 e. The Hall–Kier alpha value is 0.0700. The average molecular weight is 81.1 g/mol. The van der Waals surface area contributed by atoms with Crippen LogP contribution in [0.3, 0.4) is 0 Å². The molecule has 0 saturated heterocycles. The van der Waals surface area contributed by atoms with Crippen LogP contribution in [-0.4, -0.2) is 9.42 Å². The van der Waals surface area contributed by atoms with Gasteiger partial charge < -0.3 is 5.21 Å². The van der Waals surface area contributed by atoms with Gasteiger partial charge in [0.05, 0.1) is 0 Å². The van der Waals surface area contributed by atoms with Crippen LogP contribution in [0, 0.1) is 0 Å². The third-order valence-electron chi connectivity index (χ3n) is 0.0408. The summed E-state index contributed by atoms with van der Waals surface area (Å²) in [6, 6.07) is 0. The van der Waals surface area contributed by atoms with Crippen LogP contribution in [-0.2, 0) is 11.9 Å². The zero-order valence-corrected chi connectivity index (χ0v) is 2.70. The fourth-order valence-electron chi connectivity index (χ4n) is 0. The van der Waals surface area contributed by atoms with Gasteiger partial charge in [0.15, 0.2) is 0 Å². The molecule has 0 fully saturated rings. The maximum atomic E-state index is 8.91. The van der Waals surface area contributed by atoms with E-state index in [9.17, 15) is 0 Å². The van der Waals surface area contributed by atoms with Crippen molar-refractivity contribution in [3.8, 4) is 0 Å². The van der Waals surface area contributed by atoms with E-state index < -0.39 is 11.9 Å². The second-order valence-electron chi connectivity index (χ2n) is 0.191. The molecule has 26 valence electrons. The lowest BCUT2D eigenvalue weighted by Crippen LogP contribution is -1.93. The summed E-state index contributed by atoms with van der Waals surface area (Å²) in [7, 11) is 0. The molecular formula is H3NO2S. The van der Waals surface area contributed by atoms with Crippen molar-refractivity contribution in [1.29, 1.82) is 0 Å². The van der Waals surface area contributed by atoms with Gasteiger partial charge in [-0.3, -0.25) is 0 Å². The van der Waals surface area contributed by atoms with E-state index in [2.05, 4.69) is 0 Å². The van der Waals surface area contributed by atoms with E-state index in [1.807, 2.05) is 0 Å². The SMILES string of the molecule is O=[SH]NO. The molecule has 0 aromatic rings. The summed E-state index contributed by atoms with van der Waals surface area (Å²) in [6.45, 7) is 0. The second kappa shape index (κ2) is 3.07. The minimum absolute atomic E-state index is 0.446. The van der Waals surface area contributed by atoms with Crippen molar-refractivity contribution in [2.45, 2.75) is 0 Å².